The van der Waals surface area contributed by atoms with Crippen LogP contribution in [0.2, 0.25) is 0 Å². The number of benzene rings is 1. The van der Waals surface area contributed by atoms with Gasteiger partial charge in [0.2, 0.25) is 0 Å². The third-order valence-corrected chi connectivity index (χ3v) is 3.07. The fourth-order valence-electron chi connectivity index (χ4n) is 1.89. The quantitative estimate of drug-likeness (QED) is 0.826. The van der Waals surface area contributed by atoms with Crippen LogP contribution in [0.15, 0.2) is 43.4 Å². The highest BCUT2D eigenvalue weighted by Crippen LogP contribution is 2.38. The predicted molar refractivity (Wildman–Crippen MR) is 74.2 cm³/mol. The van der Waals surface area contributed by atoms with Crippen molar-refractivity contribution in [1.82, 2.24) is 15.0 Å². The van der Waals surface area contributed by atoms with Gasteiger partial charge in [-0.25, -0.2) is 0 Å². The first-order valence-electron chi connectivity index (χ1n) is 5.89. The molecule has 1 aromatic carbocycles. The largest absolute Gasteiger partial charge is 0.439 e. The molecule has 1 aliphatic heterocycles. The van der Waals surface area contributed by atoms with Crippen LogP contribution in [0, 0.1) is 0 Å². The van der Waals surface area contributed by atoms with Crippen molar-refractivity contribution in [2.45, 2.75) is 6.92 Å². The molecule has 0 bridgehead atoms. The van der Waals surface area contributed by atoms with Gasteiger partial charge in [0.1, 0.15) is 5.69 Å². The molecule has 1 aromatic heterocycles. The van der Waals surface area contributed by atoms with Crippen molar-refractivity contribution in [3.05, 3.63) is 49.1 Å². The van der Waals surface area contributed by atoms with Crippen LogP contribution >= 0.6 is 0 Å². The van der Waals surface area contributed by atoms with Crippen LogP contribution in [0.3, 0.4) is 0 Å². The van der Waals surface area contributed by atoms with Gasteiger partial charge < -0.3 is 9.64 Å². The number of nitrogens with zero attached hydrogens (tertiary/aromatic N) is 4. The van der Waals surface area contributed by atoms with Crippen LogP contribution in [0.5, 0.6) is 5.75 Å². The van der Waals surface area contributed by atoms with E-state index in [4.69, 9.17) is 4.74 Å². The maximum Gasteiger partial charge on any atom is 0.193 e. The summed E-state index contributed by atoms with van der Waals surface area (Å²) in [6.07, 6.45) is 1.70. The summed E-state index contributed by atoms with van der Waals surface area (Å²) in [5, 5.41) is 8.61. The Bertz CT molecular complexity index is 687. The minimum atomic E-state index is 0.614. The average Bonchev–Trinajstić information content (AvgIpc) is 2.96. The van der Waals surface area contributed by atoms with Gasteiger partial charge in [0, 0.05) is 7.05 Å². The van der Waals surface area contributed by atoms with Gasteiger partial charge in [-0.1, -0.05) is 6.58 Å². The van der Waals surface area contributed by atoms with E-state index in [1.807, 2.05) is 37.1 Å². The number of allylic oxidation sites excluding steroid dienone is 1. The number of ether oxygens (including phenoxy) is 1. The number of fused-ring (bicyclic) bond motifs is 1. The molecule has 0 aliphatic carbocycles. The van der Waals surface area contributed by atoms with E-state index in [0.717, 1.165) is 28.4 Å². The second-order valence-corrected chi connectivity index (χ2v) is 4.51. The Hall–Kier alpha value is -2.56. The van der Waals surface area contributed by atoms with Crippen LogP contribution in [0.25, 0.3) is 11.3 Å². The molecule has 96 valence electrons. The van der Waals surface area contributed by atoms with E-state index < -0.39 is 0 Å². The maximum absolute atomic E-state index is 5.52. The fourth-order valence-corrected chi connectivity index (χ4v) is 1.89. The number of hydrogen-bond donors (Lipinski definition) is 0. The third kappa shape index (κ3) is 1.79. The molecular weight excluding hydrogens is 240 g/mol. The summed E-state index contributed by atoms with van der Waals surface area (Å²) in [5.74, 6) is 1.41. The Labute approximate surface area is 111 Å². The summed E-state index contributed by atoms with van der Waals surface area (Å²) in [4.78, 5) is 3.47. The van der Waals surface area contributed by atoms with Gasteiger partial charge in [-0.2, -0.15) is 9.90 Å². The fraction of sp³-hybridized carbons (Fsp3) is 0.143. The Balaban J connectivity index is 2.03. The van der Waals surface area contributed by atoms with Crippen LogP contribution in [0.4, 0.5) is 5.69 Å². The second-order valence-electron chi connectivity index (χ2n) is 4.51. The average molecular weight is 254 g/mol. The standard InChI is InChI=1S/C14H14N4O/c1-9(2)12-8-15-18(16-12)11-5-6-14-13(7-11)17(4)10(3)19-14/h5-8H,1,3H2,2,4H3. The number of rotatable bonds is 2. The second kappa shape index (κ2) is 3.98. The lowest BCUT2D eigenvalue weighted by atomic mass is 10.2. The summed E-state index contributed by atoms with van der Waals surface area (Å²) in [5.41, 5.74) is 3.50. The van der Waals surface area contributed by atoms with E-state index in [0.29, 0.717) is 5.88 Å². The molecule has 19 heavy (non-hydrogen) atoms. The lowest BCUT2D eigenvalue weighted by Crippen LogP contribution is -2.12. The topological polar surface area (TPSA) is 43.2 Å². The molecule has 2 aromatic rings. The molecule has 0 N–H and O–H groups in total. The summed E-state index contributed by atoms with van der Waals surface area (Å²) in [7, 11) is 1.91. The van der Waals surface area contributed by atoms with E-state index in [9.17, 15) is 0 Å². The molecule has 5 nitrogen and oxygen atoms in total. The van der Waals surface area contributed by atoms with Gasteiger partial charge in [-0.3, -0.25) is 0 Å². The molecule has 2 heterocycles. The zero-order chi connectivity index (χ0) is 13.6. The van der Waals surface area contributed by atoms with Gasteiger partial charge in [0.15, 0.2) is 11.6 Å². The van der Waals surface area contributed by atoms with Crippen LogP contribution in [0.1, 0.15) is 12.6 Å². The van der Waals surface area contributed by atoms with Gasteiger partial charge in [0.25, 0.3) is 0 Å². The van der Waals surface area contributed by atoms with Crippen molar-refractivity contribution in [2.24, 2.45) is 0 Å². The van der Waals surface area contributed by atoms with Crippen molar-refractivity contribution >= 4 is 11.3 Å². The van der Waals surface area contributed by atoms with Gasteiger partial charge in [-0.05, 0) is 37.3 Å². The van der Waals surface area contributed by atoms with Crippen molar-refractivity contribution in [3.8, 4) is 11.4 Å². The van der Waals surface area contributed by atoms with Gasteiger partial charge in [-0.15, -0.1) is 5.10 Å². The van der Waals surface area contributed by atoms with Crippen LogP contribution in [-0.2, 0) is 0 Å². The zero-order valence-corrected chi connectivity index (χ0v) is 10.9. The number of aromatic nitrogens is 3. The summed E-state index contributed by atoms with van der Waals surface area (Å²) in [6.45, 7) is 9.60. The van der Waals surface area contributed by atoms with Gasteiger partial charge >= 0.3 is 0 Å². The van der Waals surface area contributed by atoms with Crippen molar-refractivity contribution in [1.29, 1.82) is 0 Å². The van der Waals surface area contributed by atoms with E-state index in [1.54, 1.807) is 11.0 Å². The molecule has 1 aliphatic rings. The van der Waals surface area contributed by atoms with Crippen LogP contribution < -0.4 is 9.64 Å². The maximum atomic E-state index is 5.52. The minimum absolute atomic E-state index is 0.614. The Morgan fingerprint density at radius 3 is 2.84 bits per heavy atom. The molecule has 5 heteroatoms. The molecular formula is C14H14N4O. The zero-order valence-electron chi connectivity index (χ0n) is 10.9. The molecule has 0 fully saturated rings. The lowest BCUT2D eigenvalue weighted by Gasteiger charge is -2.09. The Kier molecular flexibility index (Phi) is 2.41. The summed E-state index contributed by atoms with van der Waals surface area (Å²) < 4.78 is 5.52. The molecule has 0 saturated heterocycles. The first-order chi connectivity index (χ1) is 9.06. The summed E-state index contributed by atoms with van der Waals surface area (Å²) >= 11 is 0. The molecule has 3 rings (SSSR count). The molecule has 0 amide bonds. The van der Waals surface area contributed by atoms with E-state index >= 15 is 0 Å². The Morgan fingerprint density at radius 1 is 1.37 bits per heavy atom. The highest BCUT2D eigenvalue weighted by Gasteiger charge is 2.22. The molecule has 0 spiro atoms. The smallest absolute Gasteiger partial charge is 0.193 e. The Morgan fingerprint density at radius 2 is 2.16 bits per heavy atom. The number of anilines is 1. The number of hydrogen-bond acceptors (Lipinski definition) is 4. The van der Waals surface area contributed by atoms with Crippen molar-refractivity contribution in [3.63, 3.8) is 0 Å². The minimum Gasteiger partial charge on any atom is -0.439 e. The predicted octanol–water partition coefficient (Wildman–Crippen LogP) is 2.60. The SMILES string of the molecule is C=C(C)c1cnn(-c2ccc3c(c2)N(C)C(=C)O3)n1. The van der Waals surface area contributed by atoms with E-state index in [1.165, 1.54) is 0 Å². The molecule has 0 atom stereocenters. The lowest BCUT2D eigenvalue weighted by molar-refractivity contribution is 0.446. The van der Waals surface area contributed by atoms with Gasteiger partial charge in [0.05, 0.1) is 17.6 Å². The van der Waals surface area contributed by atoms with E-state index in [-0.39, 0.29) is 0 Å². The van der Waals surface area contributed by atoms with Crippen molar-refractivity contribution in [2.75, 3.05) is 11.9 Å². The first kappa shape index (κ1) is 11.5. The van der Waals surface area contributed by atoms with E-state index in [2.05, 4.69) is 23.4 Å². The monoisotopic (exact) mass is 254 g/mol. The van der Waals surface area contributed by atoms with Crippen LogP contribution in [-0.4, -0.2) is 22.0 Å². The first-order valence-corrected chi connectivity index (χ1v) is 5.89. The molecule has 0 saturated carbocycles. The highest BCUT2D eigenvalue weighted by molar-refractivity contribution is 5.68. The normalized spacial score (nSPS) is 13.4. The third-order valence-electron chi connectivity index (χ3n) is 3.07. The molecule has 0 unspecified atom stereocenters. The molecule has 0 radical (unpaired) electrons. The van der Waals surface area contributed by atoms with Crippen molar-refractivity contribution < 1.29 is 4.74 Å². The summed E-state index contributed by atoms with van der Waals surface area (Å²) in [6, 6.07) is 5.77. The highest BCUT2D eigenvalue weighted by atomic mass is 16.5.